The zero-order valence-corrected chi connectivity index (χ0v) is 8.38. The number of carbonyl (C=O) groups excluding carboxylic acids is 1. The van der Waals surface area contributed by atoms with Gasteiger partial charge >= 0.3 is 5.69 Å². The molecule has 0 aliphatic heterocycles. The van der Waals surface area contributed by atoms with Crippen LogP contribution in [-0.2, 0) is 6.54 Å². The number of H-pyrrole nitrogens is 1. The highest BCUT2D eigenvalue weighted by molar-refractivity contribution is 5.74. The van der Waals surface area contributed by atoms with E-state index in [4.69, 9.17) is 0 Å². The Hall–Kier alpha value is -2.30. The van der Waals surface area contributed by atoms with Crippen LogP contribution >= 0.6 is 0 Å². The van der Waals surface area contributed by atoms with E-state index in [0.29, 0.717) is 5.56 Å². The van der Waals surface area contributed by atoms with E-state index in [1.165, 1.54) is 10.8 Å². The first-order chi connectivity index (χ1) is 7.70. The number of rotatable bonds is 3. The number of hydrogen-bond donors (Lipinski definition) is 2. The molecule has 1 aromatic heterocycles. The molecule has 0 bridgehead atoms. The molecule has 0 spiro atoms. The number of aromatic amines is 1. The largest absolute Gasteiger partial charge is 0.493 e. The molecule has 5 nitrogen and oxygen atoms in total. The lowest BCUT2D eigenvalue weighted by molar-refractivity contribution is 0.112. The molecule has 0 amide bonds. The third kappa shape index (κ3) is 1.88. The standard InChI is InChI=1S/C11H10N2O3/c14-7-9-3-1-8(2-4-9)6-13-10(15)5-12-11(13)16/h1-5,7,15H,6H2,(H,12,16). The first-order valence-corrected chi connectivity index (χ1v) is 4.72. The quantitative estimate of drug-likeness (QED) is 0.746. The van der Waals surface area contributed by atoms with Gasteiger partial charge in [-0.05, 0) is 5.56 Å². The van der Waals surface area contributed by atoms with E-state index in [1.54, 1.807) is 24.3 Å². The van der Waals surface area contributed by atoms with E-state index in [9.17, 15) is 14.7 Å². The molecule has 0 fully saturated rings. The van der Waals surface area contributed by atoms with Crippen molar-refractivity contribution in [3.63, 3.8) is 0 Å². The second kappa shape index (κ2) is 4.06. The molecule has 1 aromatic carbocycles. The predicted octanol–water partition coefficient (Wildman–Crippen LogP) is 0.743. The highest BCUT2D eigenvalue weighted by Crippen LogP contribution is 2.08. The van der Waals surface area contributed by atoms with Crippen molar-refractivity contribution in [2.75, 3.05) is 0 Å². The number of hydrogen-bond acceptors (Lipinski definition) is 3. The minimum atomic E-state index is -0.364. The van der Waals surface area contributed by atoms with Crippen LogP contribution in [0.25, 0.3) is 0 Å². The second-order valence-electron chi connectivity index (χ2n) is 3.40. The number of nitrogens with one attached hydrogen (secondary N) is 1. The van der Waals surface area contributed by atoms with Gasteiger partial charge in [0.05, 0.1) is 12.7 Å². The van der Waals surface area contributed by atoms with Gasteiger partial charge in [0.2, 0.25) is 5.88 Å². The van der Waals surface area contributed by atoms with Crippen molar-refractivity contribution in [2.24, 2.45) is 0 Å². The Morgan fingerprint density at radius 3 is 2.50 bits per heavy atom. The molecule has 1 heterocycles. The van der Waals surface area contributed by atoms with Crippen molar-refractivity contribution < 1.29 is 9.90 Å². The average Bonchev–Trinajstić information content (AvgIpc) is 2.62. The summed E-state index contributed by atoms with van der Waals surface area (Å²) in [5, 5.41) is 9.37. The fourth-order valence-corrected chi connectivity index (χ4v) is 1.42. The van der Waals surface area contributed by atoms with Gasteiger partial charge in [-0.1, -0.05) is 24.3 Å². The summed E-state index contributed by atoms with van der Waals surface area (Å²) >= 11 is 0. The summed E-state index contributed by atoms with van der Waals surface area (Å²) in [5.74, 6) is -0.107. The predicted molar refractivity (Wildman–Crippen MR) is 57.6 cm³/mol. The van der Waals surface area contributed by atoms with Crippen molar-refractivity contribution in [1.82, 2.24) is 9.55 Å². The van der Waals surface area contributed by atoms with Crippen molar-refractivity contribution in [3.05, 3.63) is 52.1 Å². The van der Waals surface area contributed by atoms with Crippen LogP contribution < -0.4 is 5.69 Å². The molecule has 82 valence electrons. The summed E-state index contributed by atoms with van der Waals surface area (Å²) < 4.78 is 1.20. The van der Waals surface area contributed by atoms with E-state index >= 15 is 0 Å². The Morgan fingerprint density at radius 2 is 2.00 bits per heavy atom. The lowest BCUT2D eigenvalue weighted by Crippen LogP contribution is -2.17. The van der Waals surface area contributed by atoms with Crippen LogP contribution in [0.4, 0.5) is 0 Å². The van der Waals surface area contributed by atoms with E-state index < -0.39 is 0 Å². The molecule has 2 N–H and O–H groups in total. The van der Waals surface area contributed by atoms with Crippen LogP contribution in [0.3, 0.4) is 0 Å². The molecule has 5 heteroatoms. The topological polar surface area (TPSA) is 75.1 Å². The van der Waals surface area contributed by atoms with Gasteiger partial charge in [-0.3, -0.25) is 9.36 Å². The number of aromatic hydroxyl groups is 1. The molecule has 2 rings (SSSR count). The number of imidazole rings is 1. The van der Waals surface area contributed by atoms with Crippen molar-refractivity contribution in [2.45, 2.75) is 6.54 Å². The van der Waals surface area contributed by atoms with Gasteiger partial charge in [0.25, 0.3) is 0 Å². The van der Waals surface area contributed by atoms with E-state index in [0.717, 1.165) is 11.8 Å². The number of nitrogens with zero attached hydrogens (tertiary/aromatic N) is 1. The van der Waals surface area contributed by atoms with Crippen molar-refractivity contribution in [3.8, 4) is 5.88 Å². The number of carbonyl (C=O) groups is 1. The van der Waals surface area contributed by atoms with Crippen molar-refractivity contribution >= 4 is 6.29 Å². The average molecular weight is 218 g/mol. The molecule has 0 saturated heterocycles. The molecule has 0 saturated carbocycles. The highest BCUT2D eigenvalue weighted by atomic mass is 16.3. The molecule has 0 radical (unpaired) electrons. The Morgan fingerprint density at radius 1 is 1.31 bits per heavy atom. The highest BCUT2D eigenvalue weighted by Gasteiger charge is 2.04. The Labute approximate surface area is 91.0 Å². The smallest absolute Gasteiger partial charge is 0.328 e. The van der Waals surface area contributed by atoms with Crippen LogP contribution in [0.2, 0.25) is 0 Å². The van der Waals surface area contributed by atoms with E-state index in [1.807, 2.05) is 0 Å². The van der Waals surface area contributed by atoms with Gasteiger partial charge in [-0.2, -0.15) is 0 Å². The fourth-order valence-electron chi connectivity index (χ4n) is 1.42. The number of aldehydes is 1. The normalized spacial score (nSPS) is 10.2. The zero-order chi connectivity index (χ0) is 11.5. The Bertz CT molecular complexity index is 551. The lowest BCUT2D eigenvalue weighted by atomic mass is 10.1. The van der Waals surface area contributed by atoms with Crippen LogP contribution in [0, 0.1) is 0 Å². The van der Waals surface area contributed by atoms with Crippen molar-refractivity contribution in [1.29, 1.82) is 0 Å². The SMILES string of the molecule is O=Cc1ccc(Cn2c(O)c[nH]c2=O)cc1. The van der Waals surface area contributed by atoms with Gasteiger partial charge < -0.3 is 10.1 Å². The summed E-state index contributed by atoms with van der Waals surface area (Å²) in [6.07, 6.45) is 1.99. The first-order valence-electron chi connectivity index (χ1n) is 4.72. The maximum atomic E-state index is 11.3. The minimum Gasteiger partial charge on any atom is -0.493 e. The molecule has 0 atom stereocenters. The fraction of sp³-hybridized carbons (Fsp3) is 0.0909. The third-order valence-corrected chi connectivity index (χ3v) is 2.30. The van der Waals surface area contributed by atoms with Crippen LogP contribution in [-0.4, -0.2) is 20.9 Å². The van der Waals surface area contributed by atoms with Gasteiger partial charge in [0, 0.05) is 5.56 Å². The van der Waals surface area contributed by atoms with Gasteiger partial charge in [-0.25, -0.2) is 4.79 Å². The second-order valence-corrected chi connectivity index (χ2v) is 3.40. The lowest BCUT2D eigenvalue weighted by Gasteiger charge is -2.03. The zero-order valence-electron chi connectivity index (χ0n) is 8.38. The Kier molecular flexibility index (Phi) is 2.59. The maximum Gasteiger partial charge on any atom is 0.328 e. The van der Waals surface area contributed by atoms with Crippen LogP contribution in [0.5, 0.6) is 5.88 Å². The summed E-state index contributed by atoms with van der Waals surface area (Å²) in [4.78, 5) is 24.1. The van der Waals surface area contributed by atoms with Gasteiger partial charge in [0.15, 0.2) is 0 Å². The molecule has 2 aromatic rings. The number of benzene rings is 1. The van der Waals surface area contributed by atoms with Crippen LogP contribution in [0.1, 0.15) is 15.9 Å². The molecular formula is C11H10N2O3. The molecule has 0 unspecified atom stereocenters. The molecule has 0 aliphatic rings. The third-order valence-electron chi connectivity index (χ3n) is 2.30. The molecule has 16 heavy (non-hydrogen) atoms. The van der Waals surface area contributed by atoms with Gasteiger partial charge in [-0.15, -0.1) is 0 Å². The first kappa shape index (κ1) is 10.2. The summed E-state index contributed by atoms with van der Waals surface area (Å²) in [6.45, 7) is 0.271. The van der Waals surface area contributed by atoms with Gasteiger partial charge in [0.1, 0.15) is 6.29 Å². The van der Waals surface area contributed by atoms with Crippen LogP contribution in [0.15, 0.2) is 35.3 Å². The summed E-state index contributed by atoms with van der Waals surface area (Å²) in [7, 11) is 0. The number of aromatic nitrogens is 2. The maximum absolute atomic E-state index is 11.3. The van der Waals surface area contributed by atoms with E-state index in [2.05, 4.69) is 4.98 Å². The minimum absolute atomic E-state index is 0.107. The summed E-state index contributed by atoms with van der Waals surface area (Å²) in [5.41, 5.74) is 1.05. The molecule has 0 aliphatic carbocycles. The van der Waals surface area contributed by atoms with E-state index in [-0.39, 0.29) is 18.1 Å². The monoisotopic (exact) mass is 218 g/mol. The molecular weight excluding hydrogens is 208 g/mol. The Balaban J connectivity index is 2.27. The summed E-state index contributed by atoms with van der Waals surface area (Å²) in [6, 6.07) is 6.80.